The van der Waals surface area contributed by atoms with Crippen LogP contribution in [0, 0.1) is 0 Å². The second-order valence-electron chi connectivity index (χ2n) is 4.61. The summed E-state index contributed by atoms with van der Waals surface area (Å²) < 4.78 is 33.8. The minimum atomic E-state index is -2.89. The third kappa shape index (κ3) is 5.41. The Morgan fingerprint density at radius 2 is 1.52 bits per heavy atom. The Balaban J connectivity index is 1.91. The first kappa shape index (κ1) is 17.0. The van der Waals surface area contributed by atoms with Gasteiger partial charge in [0, 0.05) is 10.7 Å². The summed E-state index contributed by atoms with van der Waals surface area (Å²) in [6.07, 6.45) is -0.742. The predicted molar refractivity (Wildman–Crippen MR) is 83.2 cm³/mol. The van der Waals surface area contributed by atoms with E-state index in [0.717, 1.165) is 0 Å². The molecule has 0 aliphatic rings. The van der Waals surface area contributed by atoms with Gasteiger partial charge in [0.1, 0.15) is 11.5 Å². The Morgan fingerprint density at radius 3 is 2.09 bits per heavy atom. The summed E-state index contributed by atoms with van der Waals surface area (Å²) in [5.41, 5.74) is 0.447. The highest BCUT2D eigenvalue weighted by Crippen LogP contribution is 2.19. The first-order chi connectivity index (χ1) is 10.9. The smallest absolute Gasteiger partial charge is 0.387 e. The number of hydrogen-bond acceptors (Lipinski definition) is 3. The Kier molecular flexibility index (Phi) is 5.76. The Hall–Kier alpha value is -2.34. The fourth-order valence-corrected chi connectivity index (χ4v) is 1.86. The maximum atomic E-state index is 12.1. The molecule has 23 heavy (non-hydrogen) atoms. The third-order valence-corrected chi connectivity index (χ3v) is 3.09. The molecule has 0 fully saturated rings. The average Bonchev–Trinajstić information content (AvgIpc) is 2.51. The third-order valence-electron chi connectivity index (χ3n) is 2.84. The molecule has 1 unspecified atom stereocenters. The molecular formula is C16H14ClF2NO3. The van der Waals surface area contributed by atoms with Gasteiger partial charge in [-0.25, -0.2) is 0 Å². The molecule has 0 saturated carbocycles. The van der Waals surface area contributed by atoms with E-state index in [-0.39, 0.29) is 11.7 Å². The average molecular weight is 342 g/mol. The van der Waals surface area contributed by atoms with E-state index in [4.69, 9.17) is 16.3 Å². The van der Waals surface area contributed by atoms with Gasteiger partial charge in [0.2, 0.25) is 0 Å². The Bertz CT molecular complexity index is 647. The standard InChI is InChI=1S/C16H14ClF2NO3/c1-10(22-13-6-2-11(17)3-7-13)15(21)20-12-4-8-14(9-5-12)23-16(18)19/h2-10,16H,1H3,(H,20,21). The minimum absolute atomic E-state index is 0.0171. The van der Waals surface area contributed by atoms with Gasteiger partial charge < -0.3 is 14.8 Å². The van der Waals surface area contributed by atoms with Crippen LogP contribution >= 0.6 is 11.6 Å². The van der Waals surface area contributed by atoms with Gasteiger partial charge in [0.15, 0.2) is 6.10 Å². The highest BCUT2D eigenvalue weighted by atomic mass is 35.5. The maximum absolute atomic E-state index is 12.1. The molecule has 4 nitrogen and oxygen atoms in total. The van der Waals surface area contributed by atoms with Gasteiger partial charge in [-0.15, -0.1) is 0 Å². The van der Waals surface area contributed by atoms with E-state index in [1.807, 2.05) is 0 Å². The number of anilines is 1. The summed E-state index contributed by atoms with van der Waals surface area (Å²) in [5, 5.41) is 3.19. The predicted octanol–water partition coefficient (Wildman–Crippen LogP) is 4.35. The fraction of sp³-hybridized carbons (Fsp3) is 0.188. The van der Waals surface area contributed by atoms with E-state index in [1.54, 1.807) is 31.2 Å². The van der Waals surface area contributed by atoms with Crippen molar-refractivity contribution < 1.29 is 23.0 Å². The molecule has 2 aromatic carbocycles. The number of ether oxygens (including phenoxy) is 2. The van der Waals surface area contributed by atoms with Gasteiger partial charge in [-0.3, -0.25) is 4.79 Å². The molecule has 2 aromatic rings. The topological polar surface area (TPSA) is 47.6 Å². The van der Waals surface area contributed by atoms with Crippen LogP contribution in [0.1, 0.15) is 6.92 Å². The van der Waals surface area contributed by atoms with Crippen molar-refractivity contribution in [3.8, 4) is 11.5 Å². The van der Waals surface area contributed by atoms with Crippen molar-refractivity contribution in [1.29, 1.82) is 0 Å². The number of halogens is 3. The Morgan fingerprint density at radius 1 is 1.00 bits per heavy atom. The maximum Gasteiger partial charge on any atom is 0.387 e. The lowest BCUT2D eigenvalue weighted by Crippen LogP contribution is -2.30. The molecule has 1 atom stereocenters. The largest absolute Gasteiger partial charge is 0.481 e. The molecule has 1 N–H and O–H groups in total. The van der Waals surface area contributed by atoms with Crippen molar-refractivity contribution in [3.63, 3.8) is 0 Å². The van der Waals surface area contributed by atoms with E-state index >= 15 is 0 Å². The first-order valence-corrected chi connectivity index (χ1v) is 7.10. The van der Waals surface area contributed by atoms with E-state index in [2.05, 4.69) is 10.1 Å². The molecule has 1 amide bonds. The van der Waals surface area contributed by atoms with Gasteiger partial charge in [0.05, 0.1) is 0 Å². The highest BCUT2D eigenvalue weighted by Gasteiger charge is 2.15. The van der Waals surface area contributed by atoms with Gasteiger partial charge in [-0.05, 0) is 55.5 Å². The van der Waals surface area contributed by atoms with Crippen LogP contribution in [0.25, 0.3) is 0 Å². The summed E-state index contributed by atoms with van der Waals surface area (Å²) >= 11 is 5.77. The number of benzene rings is 2. The molecule has 0 radical (unpaired) electrons. The van der Waals surface area contributed by atoms with Crippen molar-refractivity contribution in [2.24, 2.45) is 0 Å². The lowest BCUT2D eigenvalue weighted by molar-refractivity contribution is -0.122. The molecule has 0 bridgehead atoms. The molecule has 7 heteroatoms. The fourth-order valence-electron chi connectivity index (χ4n) is 1.73. The number of carbonyl (C=O) groups is 1. The molecular weight excluding hydrogens is 328 g/mol. The highest BCUT2D eigenvalue weighted by molar-refractivity contribution is 6.30. The van der Waals surface area contributed by atoms with E-state index in [0.29, 0.717) is 16.5 Å². The summed E-state index contributed by atoms with van der Waals surface area (Å²) in [6, 6.07) is 12.2. The van der Waals surface area contributed by atoms with Crippen LogP contribution in [-0.4, -0.2) is 18.6 Å². The number of alkyl halides is 2. The van der Waals surface area contributed by atoms with Crippen molar-refractivity contribution >= 4 is 23.2 Å². The summed E-state index contributed by atoms with van der Waals surface area (Å²) in [4.78, 5) is 12.0. The molecule has 122 valence electrons. The molecule has 0 saturated heterocycles. The van der Waals surface area contributed by atoms with Crippen LogP contribution in [0.4, 0.5) is 14.5 Å². The zero-order chi connectivity index (χ0) is 16.8. The second kappa shape index (κ2) is 7.78. The van der Waals surface area contributed by atoms with Gasteiger partial charge in [0.25, 0.3) is 5.91 Å². The SMILES string of the molecule is CC(Oc1ccc(Cl)cc1)C(=O)Nc1ccc(OC(F)F)cc1. The van der Waals surface area contributed by atoms with Crippen molar-refractivity contribution in [3.05, 3.63) is 53.6 Å². The van der Waals surface area contributed by atoms with Crippen LogP contribution in [0.5, 0.6) is 11.5 Å². The monoisotopic (exact) mass is 341 g/mol. The van der Waals surface area contributed by atoms with Gasteiger partial charge in [-0.2, -0.15) is 8.78 Å². The van der Waals surface area contributed by atoms with Crippen LogP contribution in [0.3, 0.4) is 0 Å². The molecule has 0 aromatic heterocycles. The van der Waals surface area contributed by atoms with Crippen LogP contribution in [0.2, 0.25) is 5.02 Å². The zero-order valence-corrected chi connectivity index (χ0v) is 12.9. The lowest BCUT2D eigenvalue weighted by atomic mass is 10.2. The summed E-state index contributed by atoms with van der Waals surface area (Å²) in [5.74, 6) is 0.156. The number of carbonyl (C=O) groups excluding carboxylic acids is 1. The molecule has 2 rings (SSSR count). The number of rotatable bonds is 6. The number of amides is 1. The van der Waals surface area contributed by atoms with Crippen molar-refractivity contribution in [1.82, 2.24) is 0 Å². The minimum Gasteiger partial charge on any atom is -0.481 e. The van der Waals surface area contributed by atoms with E-state index in [1.165, 1.54) is 24.3 Å². The quantitative estimate of drug-likeness (QED) is 0.849. The number of hydrogen-bond donors (Lipinski definition) is 1. The van der Waals surface area contributed by atoms with Gasteiger partial charge in [-0.1, -0.05) is 11.6 Å². The number of nitrogens with one attached hydrogen (secondary N) is 1. The Labute approximate surface area is 137 Å². The van der Waals surface area contributed by atoms with E-state index in [9.17, 15) is 13.6 Å². The van der Waals surface area contributed by atoms with Crippen LogP contribution in [0.15, 0.2) is 48.5 Å². The normalized spacial score (nSPS) is 11.9. The van der Waals surface area contributed by atoms with Crippen LogP contribution in [-0.2, 0) is 4.79 Å². The zero-order valence-electron chi connectivity index (χ0n) is 12.1. The van der Waals surface area contributed by atoms with E-state index < -0.39 is 12.7 Å². The van der Waals surface area contributed by atoms with Crippen LogP contribution < -0.4 is 14.8 Å². The summed E-state index contributed by atoms with van der Waals surface area (Å²) in [6.45, 7) is -1.29. The summed E-state index contributed by atoms with van der Waals surface area (Å²) in [7, 11) is 0. The molecule has 0 aliphatic carbocycles. The van der Waals surface area contributed by atoms with Crippen molar-refractivity contribution in [2.75, 3.05) is 5.32 Å². The first-order valence-electron chi connectivity index (χ1n) is 6.72. The molecule has 0 aliphatic heterocycles. The van der Waals surface area contributed by atoms with Gasteiger partial charge >= 0.3 is 6.61 Å². The second-order valence-corrected chi connectivity index (χ2v) is 5.04. The van der Waals surface area contributed by atoms with Crippen molar-refractivity contribution in [2.45, 2.75) is 19.6 Å². The molecule has 0 spiro atoms. The lowest BCUT2D eigenvalue weighted by Gasteiger charge is -2.15. The molecule has 0 heterocycles.